The van der Waals surface area contributed by atoms with Crippen molar-refractivity contribution in [2.24, 2.45) is 0 Å². The van der Waals surface area contributed by atoms with Crippen molar-refractivity contribution in [1.29, 1.82) is 0 Å². The number of hydrogen-bond donors (Lipinski definition) is 0. The van der Waals surface area contributed by atoms with E-state index in [1.165, 1.54) is 5.56 Å². The first-order valence-electron chi connectivity index (χ1n) is 6.52. The summed E-state index contributed by atoms with van der Waals surface area (Å²) in [6.07, 6.45) is 1.60. The molecule has 2 rings (SSSR count). The highest BCUT2D eigenvalue weighted by atomic mass is 16.5. The Hall–Kier alpha value is -2.23. The summed E-state index contributed by atoms with van der Waals surface area (Å²) >= 11 is 0. The van der Waals surface area contributed by atoms with Crippen molar-refractivity contribution in [2.45, 2.75) is 20.4 Å². The summed E-state index contributed by atoms with van der Waals surface area (Å²) in [5, 5.41) is 0. The minimum atomic E-state index is -0.0837. The van der Waals surface area contributed by atoms with Crippen molar-refractivity contribution in [3.8, 4) is 5.75 Å². The van der Waals surface area contributed by atoms with Crippen LogP contribution in [0.1, 0.15) is 16.9 Å². The third kappa shape index (κ3) is 3.63. The Morgan fingerprint density at radius 3 is 2.70 bits per heavy atom. The third-order valence-corrected chi connectivity index (χ3v) is 3.24. The largest absolute Gasteiger partial charge is 0.484 e. The van der Waals surface area contributed by atoms with Gasteiger partial charge in [-0.3, -0.25) is 4.79 Å². The van der Waals surface area contributed by atoms with Crippen LogP contribution in [0.5, 0.6) is 5.75 Å². The molecule has 0 atom stereocenters. The molecule has 0 spiro atoms. The summed E-state index contributed by atoms with van der Waals surface area (Å²) in [6.45, 7) is 4.54. The van der Waals surface area contributed by atoms with E-state index in [-0.39, 0.29) is 12.5 Å². The average molecular weight is 273 g/mol. The van der Waals surface area contributed by atoms with Crippen molar-refractivity contribution in [3.63, 3.8) is 0 Å². The average Bonchev–Trinajstić information content (AvgIpc) is 2.92. The zero-order valence-corrected chi connectivity index (χ0v) is 12.1. The number of benzene rings is 1. The van der Waals surface area contributed by atoms with Crippen LogP contribution in [0, 0.1) is 13.8 Å². The number of carbonyl (C=O) groups excluding carboxylic acids is 1. The first-order chi connectivity index (χ1) is 9.56. The summed E-state index contributed by atoms with van der Waals surface area (Å²) in [5.41, 5.74) is 2.36. The van der Waals surface area contributed by atoms with E-state index in [0.29, 0.717) is 12.3 Å². The number of amides is 1. The predicted octanol–water partition coefficient (Wildman–Crippen LogP) is 2.93. The second-order valence-electron chi connectivity index (χ2n) is 4.86. The molecule has 0 fully saturated rings. The van der Waals surface area contributed by atoms with Crippen LogP contribution in [0.4, 0.5) is 0 Å². The molecule has 106 valence electrons. The molecular weight excluding hydrogens is 254 g/mol. The number of rotatable bonds is 5. The van der Waals surface area contributed by atoms with E-state index < -0.39 is 0 Å². The van der Waals surface area contributed by atoms with Gasteiger partial charge in [0, 0.05) is 7.05 Å². The molecule has 20 heavy (non-hydrogen) atoms. The Balaban J connectivity index is 1.86. The van der Waals surface area contributed by atoms with Crippen LogP contribution in [0.15, 0.2) is 41.0 Å². The molecule has 0 bridgehead atoms. The van der Waals surface area contributed by atoms with E-state index in [1.54, 1.807) is 24.3 Å². The van der Waals surface area contributed by atoms with Crippen LogP contribution in [0.25, 0.3) is 0 Å². The maximum Gasteiger partial charge on any atom is 0.260 e. The molecule has 0 unspecified atom stereocenters. The fourth-order valence-corrected chi connectivity index (χ4v) is 1.78. The van der Waals surface area contributed by atoms with E-state index in [4.69, 9.17) is 9.15 Å². The molecular formula is C16H19NO3. The smallest absolute Gasteiger partial charge is 0.260 e. The molecule has 1 aromatic heterocycles. The number of hydrogen-bond acceptors (Lipinski definition) is 3. The van der Waals surface area contributed by atoms with E-state index in [2.05, 4.69) is 0 Å². The van der Waals surface area contributed by atoms with Crippen LogP contribution >= 0.6 is 0 Å². The number of nitrogens with zero attached hydrogens (tertiary/aromatic N) is 1. The van der Waals surface area contributed by atoms with Gasteiger partial charge in [0.25, 0.3) is 5.91 Å². The van der Waals surface area contributed by atoms with Crippen LogP contribution in [-0.2, 0) is 11.3 Å². The highest BCUT2D eigenvalue weighted by Crippen LogP contribution is 2.16. The Morgan fingerprint density at radius 1 is 1.25 bits per heavy atom. The Kier molecular flexibility index (Phi) is 4.45. The van der Waals surface area contributed by atoms with Crippen molar-refractivity contribution in [2.75, 3.05) is 13.7 Å². The van der Waals surface area contributed by atoms with Gasteiger partial charge in [0.2, 0.25) is 0 Å². The van der Waals surface area contributed by atoms with Gasteiger partial charge in [0.05, 0.1) is 12.8 Å². The fourth-order valence-electron chi connectivity index (χ4n) is 1.78. The molecule has 0 aliphatic carbocycles. The number of furan rings is 1. The maximum absolute atomic E-state index is 12.0. The van der Waals surface area contributed by atoms with Crippen molar-refractivity contribution < 1.29 is 13.9 Å². The molecule has 1 amide bonds. The van der Waals surface area contributed by atoms with Gasteiger partial charge in [0.1, 0.15) is 11.5 Å². The van der Waals surface area contributed by atoms with Crippen molar-refractivity contribution in [1.82, 2.24) is 4.90 Å². The maximum atomic E-state index is 12.0. The van der Waals surface area contributed by atoms with Gasteiger partial charge in [-0.2, -0.15) is 0 Å². The lowest BCUT2D eigenvalue weighted by Crippen LogP contribution is -2.30. The lowest BCUT2D eigenvalue weighted by Gasteiger charge is -2.16. The van der Waals surface area contributed by atoms with Gasteiger partial charge in [-0.25, -0.2) is 0 Å². The summed E-state index contributed by atoms with van der Waals surface area (Å²) < 4.78 is 10.7. The summed E-state index contributed by atoms with van der Waals surface area (Å²) in [5.74, 6) is 1.39. The number of ether oxygens (including phenoxy) is 1. The van der Waals surface area contributed by atoms with Crippen molar-refractivity contribution in [3.05, 3.63) is 53.5 Å². The lowest BCUT2D eigenvalue weighted by molar-refractivity contribution is -0.132. The highest BCUT2D eigenvalue weighted by molar-refractivity contribution is 5.77. The number of carbonyl (C=O) groups is 1. The molecule has 0 N–H and O–H groups in total. The molecule has 0 aliphatic rings. The zero-order valence-electron chi connectivity index (χ0n) is 12.1. The molecule has 1 heterocycles. The highest BCUT2D eigenvalue weighted by Gasteiger charge is 2.11. The van der Waals surface area contributed by atoms with E-state index in [9.17, 15) is 4.79 Å². The molecule has 0 radical (unpaired) electrons. The third-order valence-electron chi connectivity index (χ3n) is 3.24. The van der Waals surface area contributed by atoms with Crippen LogP contribution < -0.4 is 4.74 Å². The molecule has 2 aromatic rings. The Labute approximate surface area is 119 Å². The first-order valence-corrected chi connectivity index (χ1v) is 6.52. The molecule has 4 heteroatoms. The second-order valence-corrected chi connectivity index (χ2v) is 4.86. The predicted molar refractivity (Wildman–Crippen MR) is 76.6 cm³/mol. The molecule has 4 nitrogen and oxygen atoms in total. The normalized spacial score (nSPS) is 10.3. The van der Waals surface area contributed by atoms with E-state index in [1.807, 2.05) is 38.1 Å². The van der Waals surface area contributed by atoms with E-state index >= 15 is 0 Å². The molecule has 0 saturated carbocycles. The minimum Gasteiger partial charge on any atom is -0.484 e. The van der Waals surface area contributed by atoms with Gasteiger partial charge in [0.15, 0.2) is 6.61 Å². The molecule has 1 aromatic carbocycles. The monoisotopic (exact) mass is 273 g/mol. The molecule has 0 aliphatic heterocycles. The van der Waals surface area contributed by atoms with Gasteiger partial charge in [-0.05, 0) is 49.2 Å². The van der Waals surface area contributed by atoms with Crippen molar-refractivity contribution >= 4 is 5.91 Å². The molecule has 0 saturated heterocycles. The van der Waals surface area contributed by atoms with Gasteiger partial charge in [-0.15, -0.1) is 0 Å². The van der Waals surface area contributed by atoms with E-state index in [0.717, 1.165) is 11.3 Å². The zero-order chi connectivity index (χ0) is 14.5. The van der Waals surface area contributed by atoms with Crippen LogP contribution in [0.3, 0.4) is 0 Å². The first kappa shape index (κ1) is 14.2. The fraction of sp³-hybridized carbons (Fsp3) is 0.312. The van der Waals surface area contributed by atoms with Gasteiger partial charge in [-0.1, -0.05) is 6.07 Å². The lowest BCUT2D eigenvalue weighted by atomic mass is 10.1. The quantitative estimate of drug-likeness (QED) is 0.841. The number of likely N-dealkylation sites (N-methyl/N-ethyl adjacent to an activating group) is 1. The van der Waals surface area contributed by atoms with Crippen LogP contribution in [0.2, 0.25) is 0 Å². The topological polar surface area (TPSA) is 42.7 Å². The van der Waals surface area contributed by atoms with Crippen LogP contribution in [-0.4, -0.2) is 24.5 Å². The minimum absolute atomic E-state index is 0.0275. The Morgan fingerprint density at radius 2 is 2.05 bits per heavy atom. The summed E-state index contributed by atoms with van der Waals surface area (Å²) in [4.78, 5) is 13.5. The summed E-state index contributed by atoms with van der Waals surface area (Å²) in [7, 11) is 1.73. The van der Waals surface area contributed by atoms with Gasteiger partial charge >= 0.3 is 0 Å². The number of aryl methyl sites for hydroxylation is 2. The second kappa shape index (κ2) is 6.28. The SMILES string of the molecule is Cc1ccc(OCC(=O)N(C)Cc2ccco2)cc1C. The Bertz CT molecular complexity index is 575. The van der Waals surface area contributed by atoms with Gasteiger partial charge < -0.3 is 14.1 Å². The summed E-state index contributed by atoms with van der Waals surface area (Å²) in [6, 6.07) is 9.45. The standard InChI is InChI=1S/C16H19NO3/c1-12-6-7-14(9-13(12)2)20-11-16(18)17(3)10-15-5-4-8-19-15/h4-9H,10-11H2,1-3H3.